The zero-order valence-electron chi connectivity index (χ0n) is 21.1. The van der Waals surface area contributed by atoms with Gasteiger partial charge in [0.25, 0.3) is 11.8 Å². The van der Waals surface area contributed by atoms with Crippen molar-refractivity contribution in [2.45, 2.75) is 44.8 Å². The molecule has 6 rings (SSSR count). The average Bonchev–Trinajstić information content (AvgIpc) is 3.64. The fraction of sp³-hybridized carbons (Fsp3) is 0.259. The second-order valence-corrected chi connectivity index (χ2v) is 9.77. The lowest BCUT2D eigenvalue weighted by Gasteiger charge is -2.29. The molecule has 13 nitrogen and oxygen atoms in total. The van der Waals surface area contributed by atoms with Gasteiger partial charge in [0.05, 0.1) is 18.4 Å². The van der Waals surface area contributed by atoms with Crippen molar-refractivity contribution in [1.82, 2.24) is 30.1 Å². The van der Waals surface area contributed by atoms with E-state index in [4.69, 9.17) is 0 Å². The number of amides is 6. The van der Waals surface area contributed by atoms with Crippen LogP contribution in [0.1, 0.15) is 57.7 Å². The van der Waals surface area contributed by atoms with Gasteiger partial charge in [-0.3, -0.25) is 39.0 Å². The Morgan fingerprint density at radius 2 is 1.77 bits per heavy atom. The Hall–Kier alpha value is -5.20. The molecular formula is C27H23N7O6. The van der Waals surface area contributed by atoms with Crippen molar-refractivity contribution < 1.29 is 28.8 Å². The summed E-state index contributed by atoms with van der Waals surface area (Å²) in [5, 5.41) is 13.1. The zero-order valence-corrected chi connectivity index (χ0v) is 21.1. The van der Waals surface area contributed by atoms with E-state index in [-0.39, 0.29) is 68.1 Å². The number of aromatic nitrogens is 3. The molecular weight excluding hydrogens is 518 g/mol. The maximum absolute atomic E-state index is 13.1. The van der Waals surface area contributed by atoms with Crippen LogP contribution >= 0.6 is 0 Å². The van der Waals surface area contributed by atoms with Gasteiger partial charge in [-0.15, -0.1) is 5.10 Å². The molecule has 2 aromatic carbocycles. The minimum Gasteiger partial charge on any atom is -0.322 e. The highest BCUT2D eigenvalue weighted by Gasteiger charge is 2.39. The van der Waals surface area contributed by atoms with Crippen molar-refractivity contribution in [3.8, 4) is 5.69 Å². The standard InChI is InChI=1S/C27H23N7O6/c35-22-8-7-21(26(39)29-22)32-12-15-5-6-17(11-18(15)27(32)40)34-14-20(30-31-34)25(38)28-19-4-2-1-3-16(19)13-33-23(36)9-10-24(33)37/h1-6,11,14,21H,7-10,12-13H2,(H,28,38)(H,29,35,39). The van der Waals surface area contributed by atoms with E-state index in [1.807, 2.05) is 0 Å². The van der Waals surface area contributed by atoms with Crippen molar-refractivity contribution in [1.29, 1.82) is 0 Å². The third-order valence-corrected chi connectivity index (χ3v) is 7.25. The van der Waals surface area contributed by atoms with E-state index in [1.165, 1.54) is 20.7 Å². The molecule has 2 fully saturated rings. The fourth-order valence-electron chi connectivity index (χ4n) is 5.12. The summed E-state index contributed by atoms with van der Waals surface area (Å²) in [4.78, 5) is 76.6. The SMILES string of the molecule is O=C1CCC(N2Cc3ccc(-n4cc(C(=O)Nc5ccccc5CN5C(=O)CCC5=O)nn4)cc3C2=O)C(=O)N1. The topological polar surface area (TPSA) is 164 Å². The largest absolute Gasteiger partial charge is 0.322 e. The molecule has 3 aromatic rings. The van der Waals surface area contributed by atoms with E-state index < -0.39 is 17.9 Å². The summed E-state index contributed by atoms with van der Waals surface area (Å²) in [6, 6.07) is 11.3. The maximum Gasteiger partial charge on any atom is 0.277 e. The maximum atomic E-state index is 13.1. The first-order valence-electron chi connectivity index (χ1n) is 12.7. The summed E-state index contributed by atoms with van der Waals surface area (Å²) in [5.74, 6) is -2.19. The third kappa shape index (κ3) is 4.51. The van der Waals surface area contributed by atoms with E-state index in [0.29, 0.717) is 22.5 Å². The number of anilines is 1. The first-order valence-corrected chi connectivity index (χ1v) is 12.7. The van der Waals surface area contributed by atoms with Crippen LogP contribution in [-0.2, 0) is 32.3 Å². The number of benzene rings is 2. The van der Waals surface area contributed by atoms with Gasteiger partial charge in [-0.1, -0.05) is 29.5 Å². The fourth-order valence-corrected chi connectivity index (χ4v) is 5.12. The van der Waals surface area contributed by atoms with Crippen LogP contribution in [0, 0.1) is 0 Å². The number of hydrogen-bond donors (Lipinski definition) is 2. The van der Waals surface area contributed by atoms with Gasteiger partial charge in [0.2, 0.25) is 23.6 Å². The second kappa shape index (κ2) is 9.84. The Bertz CT molecular complexity index is 1600. The molecule has 3 aliphatic rings. The lowest BCUT2D eigenvalue weighted by Crippen LogP contribution is -2.52. The first-order chi connectivity index (χ1) is 19.3. The van der Waals surface area contributed by atoms with E-state index >= 15 is 0 Å². The molecule has 1 unspecified atom stereocenters. The number of nitrogens with zero attached hydrogens (tertiary/aromatic N) is 5. The predicted molar refractivity (Wildman–Crippen MR) is 137 cm³/mol. The summed E-state index contributed by atoms with van der Waals surface area (Å²) < 4.78 is 1.37. The Balaban J connectivity index is 1.17. The summed E-state index contributed by atoms with van der Waals surface area (Å²) in [6.45, 7) is 0.305. The number of imide groups is 2. The molecule has 13 heteroatoms. The minimum atomic E-state index is -0.715. The average molecular weight is 542 g/mol. The molecule has 2 saturated heterocycles. The van der Waals surface area contributed by atoms with Crippen LogP contribution in [0.4, 0.5) is 5.69 Å². The number of nitrogens with one attached hydrogen (secondary N) is 2. The molecule has 4 heterocycles. The van der Waals surface area contributed by atoms with Gasteiger partial charge >= 0.3 is 0 Å². The number of para-hydroxylation sites is 1. The highest BCUT2D eigenvalue weighted by atomic mass is 16.2. The van der Waals surface area contributed by atoms with E-state index in [2.05, 4.69) is 20.9 Å². The van der Waals surface area contributed by atoms with Crippen LogP contribution in [0.25, 0.3) is 5.69 Å². The van der Waals surface area contributed by atoms with Crippen LogP contribution in [0.15, 0.2) is 48.7 Å². The molecule has 202 valence electrons. The van der Waals surface area contributed by atoms with Crippen LogP contribution in [0.2, 0.25) is 0 Å². The van der Waals surface area contributed by atoms with Crippen molar-refractivity contribution in [3.63, 3.8) is 0 Å². The van der Waals surface area contributed by atoms with E-state index in [9.17, 15) is 28.8 Å². The Kier molecular flexibility index (Phi) is 6.17. The lowest BCUT2D eigenvalue weighted by molar-refractivity contribution is -0.139. The number of carbonyl (C=O) groups excluding carboxylic acids is 6. The molecule has 1 aromatic heterocycles. The van der Waals surface area contributed by atoms with Crippen molar-refractivity contribution in [3.05, 3.63) is 71.0 Å². The minimum absolute atomic E-state index is 0.0140. The van der Waals surface area contributed by atoms with Crippen LogP contribution in [0.3, 0.4) is 0 Å². The Morgan fingerprint density at radius 3 is 2.55 bits per heavy atom. The lowest BCUT2D eigenvalue weighted by atomic mass is 10.0. The van der Waals surface area contributed by atoms with Gasteiger partial charge in [-0.2, -0.15) is 0 Å². The van der Waals surface area contributed by atoms with E-state index in [1.54, 1.807) is 42.5 Å². The van der Waals surface area contributed by atoms with Gasteiger partial charge in [0.1, 0.15) is 6.04 Å². The molecule has 6 amide bonds. The van der Waals surface area contributed by atoms with Gasteiger partial charge in [-0.25, -0.2) is 4.68 Å². The van der Waals surface area contributed by atoms with Gasteiger partial charge in [0.15, 0.2) is 5.69 Å². The Morgan fingerprint density at radius 1 is 1.00 bits per heavy atom. The summed E-state index contributed by atoms with van der Waals surface area (Å²) in [6.07, 6.45) is 2.22. The number of carbonyl (C=O) groups is 6. The molecule has 40 heavy (non-hydrogen) atoms. The second-order valence-electron chi connectivity index (χ2n) is 9.77. The van der Waals surface area contributed by atoms with Crippen molar-refractivity contribution in [2.24, 2.45) is 0 Å². The zero-order chi connectivity index (χ0) is 28.0. The van der Waals surface area contributed by atoms with Gasteiger partial charge in [-0.05, 0) is 35.7 Å². The molecule has 1 atom stereocenters. The van der Waals surface area contributed by atoms with E-state index in [0.717, 1.165) is 5.56 Å². The smallest absolute Gasteiger partial charge is 0.277 e. The van der Waals surface area contributed by atoms with Crippen molar-refractivity contribution >= 4 is 41.1 Å². The number of rotatable bonds is 6. The molecule has 0 spiro atoms. The quantitative estimate of drug-likeness (QED) is 0.435. The monoisotopic (exact) mass is 541 g/mol. The highest BCUT2D eigenvalue weighted by molar-refractivity contribution is 6.06. The van der Waals surface area contributed by atoms with Crippen LogP contribution in [-0.4, -0.2) is 66.3 Å². The number of fused-ring (bicyclic) bond motifs is 1. The first kappa shape index (κ1) is 25.1. The number of piperidine rings is 1. The summed E-state index contributed by atoms with van der Waals surface area (Å²) in [5.41, 5.74) is 2.69. The molecule has 2 N–H and O–H groups in total. The normalized spacial score (nSPS) is 18.8. The van der Waals surface area contributed by atoms with Crippen LogP contribution in [0.5, 0.6) is 0 Å². The predicted octanol–water partition coefficient (Wildman–Crippen LogP) is 0.930. The highest BCUT2D eigenvalue weighted by Crippen LogP contribution is 2.29. The third-order valence-electron chi connectivity index (χ3n) is 7.25. The van der Waals surface area contributed by atoms with Gasteiger partial charge in [0, 0.05) is 37.1 Å². The molecule has 3 aliphatic heterocycles. The molecule has 0 aliphatic carbocycles. The van der Waals surface area contributed by atoms with Gasteiger partial charge < -0.3 is 10.2 Å². The molecule has 0 radical (unpaired) electrons. The molecule has 0 saturated carbocycles. The summed E-state index contributed by atoms with van der Waals surface area (Å²) >= 11 is 0. The summed E-state index contributed by atoms with van der Waals surface area (Å²) in [7, 11) is 0. The number of hydrogen-bond acceptors (Lipinski definition) is 8. The molecule has 0 bridgehead atoms. The number of likely N-dealkylation sites (tertiary alicyclic amines) is 1. The Labute approximate surface area is 227 Å². The van der Waals surface area contributed by atoms with Crippen LogP contribution < -0.4 is 10.6 Å². The van der Waals surface area contributed by atoms with Crippen molar-refractivity contribution in [2.75, 3.05) is 5.32 Å².